The molecule has 290 valence electrons. The normalized spacial score (nSPS) is 11.4. The van der Waals surface area contributed by atoms with Gasteiger partial charge in [-0.2, -0.15) is 10.5 Å². The number of hydrogen-bond acceptors (Lipinski definition) is 5. The van der Waals surface area contributed by atoms with Gasteiger partial charge >= 0.3 is 0 Å². The molecule has 0 fully saturated rings. The van der Waals surface area contributed by atoms with E-state index < -0.39 is 0 Å². The van der Waals surface area contributed by atoms with Crippen LogP contribution in [0.1, 0.15) is 22.3 Å². The highest BCUT2D eigenvalue weighted by Gasteiger charge is 2.22. The third-order valence-electron chi connectivity index (χ3n) is 11.8. The van der Waals surface area contributed by atoms with Crippen LogP contribution in [-0.2, 0) is 0 Å². The molecule has 62 heavy (non-hydrogen) atoms. The first kappa shape index (κ1) is 36.4. The number of aryl methyl sites for hydroxylation is 2. The Morgan fingerprint density at radius 3 is 1.47 bits per heavy atom. The Hall–Kier alpha value is -8.65. The molecule has 0 amide bonds. The summed E-state index contributed by atoms with van der Waals surface area (Å²) in [6.07, 6.45) is 0. The maximum atomic E-state index is 10.5. The van der Waals surface area contributed by atoms with Gasteiger partial charge in [0.25, 0.3) is 0 Å². The fourth-order valence-electron chi connectivity index (χ4n) is 8.89. The van der Waals surface area contributed by atoms with E-state index in [-0.39, 0.29) is 0 Å². The van der Waals surface area contributed by atoms with E-state index in [1.54, 1.807) is 0 Å². The molecule has 0 saturated heterocycles. The lowest BCUT2D eigenvalue weighted by Crippen LogP contribution is -2.03. The maximum Gasteiger partial charge on any atom is 0.164 e. The van der Waals surface area contributed by atoms with Crippen molar-refractivity contribution in [3.63, 3.8) is 0 Å². The van der Waals surface area contributed by atoms with Crippen LogP contribution in [-0.4, -0.2) is 24.1 Å². The number of para-hydroxylation sites is 2. The zero-order valence-corrected chi connectivity index (χ0v) is 33.9. The van der Waals surface area contributed by atoms with Crippen LogP contribution in [0.4, 0.5) is 0 Å². The average molecular weight is 794 g/mol. The molecule has 11 aromatic rings. The van der Waals surface area contributed by atoms with Gasteiger partial charge in [-0.05, 0) is 80.6 Å². The number of nitriles is 2. The minimum absolute atomic E-state index is 0.476. The van der Waals surface area contributed by atoms with Crippen molar-refractivity contribution in [2.75, 3.05) is 0 Å². The third-order valence-corrected chi connectivity index (χ3v) is 11.8. The van der Waals surface area contributed by atoms with Crippen molar-refractivity contribution in [1.82, 2.24) is 24.1 Å². The second kappa shape index (κ2) is 14.6. The van der Waals surface area contributed by atoms with E-state index >= 15 is 0 Å². The lowest BCUT2D eigenvalue weighted by Gasteiger charge is -2.17. The number of hydrogen-bond donors (Lipinski definition) is 0. The molecule has 11 rings (SSSR count). The summed E-state index contributed by atoms with van der Waals surface area (Å²) in [6.45, 7) is 4.21. The van der Waals surface area contributed by atoms with E-state index in [0.717, 1.165) is 82.8 Å². The summed E-state index contributed by atoms with van der Waals surface area (Å²) in [4.78, 5) is 15.5. The van der Waals surface area contributed by atoms with Crippen molar-refractivity contribution in [1.29, 1.82) is 10.5 Å². The first-order chi connectivity index (χ1) is 30.5. The van der Waals surface area contributed by atoms with E-state index in [2.05, 4.69) is 126 Å². The first-order valence-corrected chi connectivity index (χ1v) is 20.5. The van der Waals surface area contributed by atoms with Gasteiger partial charge in [-0.15, -0.1) is 0 Å². The highest BCUT2D eigenvalue weighted by atomic mass is 15.0. The molecule has 3 heterocycles. The van der Waals surface area contributed by atoms with Crippen molar-refractivity contribution in [3.8, 4) is 68.8 Å². The molecule has 0 aliphatic carbocycles. The van der Waals surface area contributed by atoms with Crippen LogP contribution in [0.5, 0.6) is 0 Å². The molecule has 0 atom stereocenters. The molecule has 8 aromatic carbocycles. The quantitative estimate of drug-likeness (QED) is 0.167. The fraction of sp³-hybridized carbons (Fsp3) is 0.0364. The molecule has 0 radical (unpaired) electrons. The minimum atomic E-state index is 0.476. The third kappa shape index (κ3) is 5.92. The summed E-state index contributed by atoms with van der Waals surface area (Å²) in [5.74, 6) is 1.49. The van der Waals surface area contributed by atoms with Crippen LogP contribution < -0.4 is 0 Å². The van der Waals surface area contributed by atoms with Crippen LogP contribution in [0.2, 0.25) is 0 Å². The van der Waals surface area contributed by atoms with Crippen LogP contribution >= 0.6 is 0 Å². The standard InChI is InChI=1S/C55H35N7/c1-34-20-26-49-45(28-34)42-16-8-10-18-47(42)61(49)51-30-37(22-23-40(51)33-57)54-58-53(36-12-4-3-5-13-36)59-55(60-54)38-24-25-44(41-15-7-6-14-39(41)32-56)52(31-38)62-48-19-11-9-17-43(48)46-29-35(2)21-27-50(46)62/h3-31H,1-2H3. The van der Waals surface area contributed by atoms with Crippen molar-refractivity contribution in [2.24, 2.45) is 0 Å². The van der Waals surface area contributed by atoms with Gasteiger partial charge in [0.1, 0.15) is 6.07 Å². The maximum absolute atomic E-state index is 10.5. The van der Waals surface area contributed by atoms with E-state index in [9.17, 15) is 10.5 Å². The highest BCUT2D eigenvalue weighted by Crippen LogP contribution is 2.40. The van der Waals surface area contributed by atoms with Gasteiger partial charge in [0, 0.05) is 49.4 Å². The molecule has 0 spiro atoms. The molecular formula is C55H35N7. The summed E-state index contributed by atoms with van der Waals surface area (Å²) in [7, 11) is 0. The summed E-state index contributed by atoms with van der Waals surface area (Å²) in [5, 5.41) is 25.4. The first-order valence-electron chi connectivity index (χ1n) is 20.5. The molecule has 0 saturated carbocycles. The highest BCUT2D eigenvalue weighted by molar-refractivity contribution is 6.11. The smallest absolute Gasteiger partial charge is 0.164 e. The lowest BCUT2D eigenvalue weighted by molar-refractivity contribution is 1.07. The fourth-order valence-corrected chi connectivity index (χ4v) is 8.89. The molecule has 0 N–H and O–H groups in total. The predicted octanol–water partition coefficient (Wildman–Crippen LogP) is 13.1. The van der Waals surface area contributed by atoms with Gasteiger partial charge in [-0.25, -0.2) is 15.0 Å². The van der Waals surface area contributed by atoms with E-state index in [1.165, 1.54) is 11.1 Å². The lowest BCUT2D eigenvalue weighted by atomic mass is 9.96. The second-order valence-corrected chi connectivity index (χ2v) is 15.7. The van der Waals surface area contributed by atoms with Crippen molar-refractivity contribution in [2.45, 2.75) is 13.8 Å². The predicted molar refractivity (Wildman–Crippen MR) is 249 cm³/mol. The number of aromatic nitrogens is 5. The molecule has 7 nitrogen and oxygen atoms in total. The summed E-state index contributed by atoms with van der Waals surface area (Å²) < 4.78 is 4.46. The minimum Gasteiger partial charge on any atom is -0.309 e. The Labute approximate surface area is 357 Å². The summed E-state index contributed by atoms with van der Waals surface area (Å²) in [6, 6.07) is 64.3. The van der Waals surface area contributed by atoms with Crippen molar-refractivity contribution >= 4 is 43.6 Å². The van der Waals surface area contributed by atoms with Crippen molar-refractivity contribution < 1.29 is 0 Å². The molecule has 0 aliphatic rings. The van der Waals surface area contributed by atoms with Crippen LogP contribution in [0, 0.1) is 36.5 Å². The SMILES string of the molecule is Cc1ccc2c(c1)c1ccccc1n2-c1cc(-c2nc(-c3ccccc3)nc(-c3ccc(-c4ccccc4C#N)c(-n4c5ccccc5c5cc(C)ccc54)c3)n2)ccc1C#N. The Morgan fingerprint density at radius 1 is 0.371 bits per heavy atom. The number of fused-ring (bicyclic) bond motifs is 6. The molecule has 0 aliphatic heterocycles. The average Bonchev–Trinajstić information content (AvgIpc) is 3.83. The van der Waals surface area contributed by atoms with Gasteiger partial charge in [-0.1, -0.05) is 120 Å². The molecule has 3 aromatic heterocycles. The number of benzene rings is 8. The zero-order chi connectivity index (χ0) is 41.9. The number of rotatable bonds is 6. The Kier molecular flexibility index (Phi) is 8.56. The van der Waals surface area contributed by atoms with Gasteiger partial charge in [0.15, 0.2) is 17.5 Å². The zero-order valence-electron chi connectivity index (χ0n) is 33.9. The molecule has 7 heteroatoms. The van der Waals surface area contributed by atoms with Gasteiger partial charge < -0.3 is 9.13 Å². The Morgan fingerprint density at radius 2 is 0.855 bits per heavy atom. The van der Waals surface area contributed by atoms with Gasteiger partial charge in [-0.3, -0.25) is 0 Å². The monoisotopic (exact) mass is 793 g/mol. The van der Waals surface area contributed by atoms with Crippen molar-refractivity contribution in [3.05, 3.63) is 198 Å². The molecular weight excluding hydrogens is 759 g/mol. The Balaban J connectivity index is 1.16. The number of nitrogens with zero attached hydrogens (tertiary/aromatic N) is 7. The largest absolute Gasteiger partial charge is 0.309 e. The van der Waals surface area contributed by atoms with Crippen LogP contribution in [0.3, 0.4) is 0 Å². The summed E-state index contributed by atoms with van der Waals surface area (Å²) in [5.41, 5.74) is 13.3. The molecule has 0 unspecified atom stereocenters. The molecule has 0 bridgehead atoms. The van der Waals surface area contributed by atoms with Crippen LogP contribution in [0.15, 0.2) is 176 Å². The Bertz CT molecular complexity index is 3690. The second-order valence-electron chi connectivity index (χ2n) is 15.7. The van der Waals surface area contributed by atoms with E-state index in [4.69, 9.17) is 15.0 Å². The van der Waals surface area contributed by atoms with E-state index in [1.807, 2.05) is 84.9 Å². The summed E-state index contributed by atoms with van der Waals surface area (Å²) >= 11 is 0. The topological polar surface area (TPSA) is 96.1 Å². The van der Waals surface area contributed by atoms with Gasteiger partial charge in [0.05, 0.1) is 50.6 Å². The van der Waals surface area contributed by atoms with E-state index in [0.29, 0.717) is 28.6 Å². The van der Waals surface area contributed by atoms with Crippen LogP contribution in [0.25, 0.3) is 100 Å². The van der Waals surface area contributed by atoms with Gasteiger partial charge in [0.2, 0.25) is 0 Å².